The first-order valence-electron chi connectivity index (χ1n) is 10.8. The van der Waals surface area contributed by atoms with Crippen molar-refractivity contribution in [2.75, 3.05) is 6.61 Å². The van der Waals surface area contributed by atoms with E-state index in [4.69, 9.17) is 4.74 Å². The third-order valence-corrected chi connectivity index (χ3v) is 7.83. The van der Waals surface area contributed by atoms with Crippen LogP contribution < -0.4 is 0 Å². The van der Waals surface area contributed by atoms with Gasteiger partial charge in [-0.3, -0.25) is 0 Å². The first-order valence-corrected chi connectivity index (χ1v) is 15.5. The van der Waals surface area contributed by atoms with Gasteiger partial charge in [0.2, 0.25) is 0 Å². The second-order valence-electron chi connectivity index (χ2n) is 8.90. The van der Waals surface area contributed by atoms with Gasteiger partial charge < -0.3 is 4.74 Å². The second kappa shape index (κ2) is 11.6. The number of aryl methyl sites for hydroxylation is 2. The Hall–Kier alpha value is -1.52. The number of benzene rings is 2. The zero-order valence-electron chi connectivity index (χ0n) is 18.7. The van der Waals surface area contributed by atoms with E-state index >= 15 is 0 Å². The molecule has 2 aromatic rings. The van der Waals surface area contributed by atoms with E-state index in [1.54, 1.807) is 11.8 Å². The lowest BCUT2D eigenvalue weighted by Gasteiger charge is -2.19. The van der Waals surface area contributed by atoms with Gasteiger partial charge in [-0.25, -0.2) is 4.79 Å². The lowest BCUT2D eigenvalue weighted by Crippen LogP contribution is -2.23. The minimum Gasteiger partial charge on any atom is -0.462 e. The monoisotopic (exact) mass is 428 g/mol. The Kier molecular flexibility index (Phi) is 9.51. The Bertz CT molecular complexity index is 781. The van der Waals surface area contributed by atoms with Crippen molar-refractivity contribution in [3.8, 4) is 0 Å². The number of unbranched alkanes of at least 4 members (excludes halogenated alkanes) is 2. The average Bonchev–Trinajstić information content (AvgIpc) is 2.67. The molecule has 0 bridgehead atoms. The Balaban J connectivity index is 2.25. The van der Waals surface area contributed by atoms with Gasteiger partial charge in [0.1, 0.15) is 0 Å². The number of hydrogen-bond donors (Lipinski definition) is 0. The van der Waals surface area contributed by atoms with Gasteiger partial charge in [0.25, 0.3) is 0 Å². The van der Waals surface area contributed by atoms with Crippen molar-refractivity contribution in [3.63, 3.8) is 0 Å². The zero-order chi connectivity index (χ0) is 21.3. The van der Waals surface area contributed by atoms with Crippen LogP contribution >= 0.6 is 11.8 Å². The van der Waals surface area contributed by atoms with Crippen molar-refractivity contribution in [3.05, 3.63) is 64.7 Å². The smallest absolute Gasteiger partial charge is 0.338 e. The van der Waals surface area contributed by atoms with E-state index in [1.807, 2.05) is 13.0 Å². The average molecular weight is 429 g/mol. The maximum Gasteiger partial charge on any atom is 0.338 e. The predicted octanol–water partition coefficient (Wildman–Crippen LogP) is 7.52. The first kappa shape index (κ1) is 23.8. The zero-order valence-corrected chi connectivity index (χ0v) is 20.5. The fourth-order valence-electron chi connectivity index (χ4n) is 3.25. The van der Waals surface area contributed by atoms with Gasteiger partial charge in [0.15, 0.2) is 0 Å². The fourth-order valence-corrected chi connectivity index (χ4v) is 4.96. The summed E-state index contributed by atoms with van der Waals surface area (Å²) in [5.41, 5.74) is 4.27. The number of ether oxygens (including phenoxy) is 1. The number of carbonyl (C=O) groups is 1. The van der Waals surface area contributed by atoms with Gasteiger partial charge >= 0.3 is 5.97 Å². The number of carbonyl (C=O) groups excluding carboxylic acids is 1. The molecule has 0 unspecified atom stereocenters. The molecule has 0 aliphatic heterocycles. The van der Waals surface area contributed by atoms with Crippen LogP contribution in [0.25, 0.3) is 0 Å². The molecule has 2 rings (SSSR count). The maximum absolute atomic E-state index is 13.0. The van der Waals surface area contributed by atoms with Crippen molar-refractivity contribution in [2.24, 2.45) is 0 Å². The van der Waals surface area contributed by atoms with Gasteiger partial charge in [-0.05, 0) is 54.6 Å². The van der Waals surface area contributed by atoms with Crippen LogP contribution in [0.4, 0.5) is 0 Å². The van der Waals surface area contributed by atoms with E-state index in [-0.39, 0.29) is 5.97 Å². The molecule has 2 aromatic carbocycles. The molecule has 0 N–H and O–H groups in total. The number of esters is 1. The summed E-state index contributed by atoms with van der Waals surface area (Å²) in [6, 6.07) is 15.7. The predicted molar refractivity (Wildman–Crippen MR) is 129 cm³/mol. The quantitative estimate of drug-likeness (QED) is 0.160. The van der Waals surface area contributed by atoms with Crippen LogP contribution in [-0.4, -0.2) is 20.7 Å². The summed E-state index contributed by atoms with van der Waals surface area (Å²) in [4.78, 5) is 14.3. The molecule has 2 nitrogen and oxygen atoms in total. The van der Waals surface area contributed by atoms with E-state index in [1.165, 1.54) is 23.3 Å². The van der Waals surface area contributed by atoms with Gasteiger partial charge in [-0.2, -0.15) is 0 Å². The Morgan fingerprint density at radius 3 is 2.41 bits per heavy atom. The largest absolute Gasteiger partial charge is 0.462 e. The summed E-state index contributed by atoms with van der Waals surface area (Å²) >= 11 is 1.79. The summed E-state index contributed by atoms with van der Waals surface area (Å²) in [5.74, 6) is 0.646. The van der Waals surface area contributed by atoms with Crippen molar-refractivity contribution in [1.82, 2.24) is 0 Å². The SMILES string of the molecule is CCCCCc1ccc(C)c(C(=O)OCC[Si](C)(C)C)c1CSc1ccccc1. The van der Waals surface area contributed by atoms with Crippen molar-refractivity contribution >= 4 is 25.8 Å². The normalized spacial score (nSPS) is 11.5. The van der Waals surface area contributed by atoms with Gasteiger partial charge in [-0.1, -0.05) is 69.7 Å². The highest BCUT2D eigenvalue weighted by Crippen LogP contribution is 2.30. The van der Waals surface area contributed by atoms with Crippen LogP contribution in [0.3, 0.4) is 0 Å². The third-order valence-electron chi connectivity index (χ3n) is 5.08. The summed E-state index contributed by atoms with van der Waals surface area (Å²) < 4.78 is 5.74. The molecule has 4 heteroatoms. The summed E-state index contributed by atoms with van der Waals surface area (Å²) in [7, 11) is -1.23. The molecule has 0 saturated heterocycles. The Morgan fingerprint density at radius 2 is 1.76 bits per heavy atom. The Labute approximate surface area is 182 Å². The molecule has 29 heavy (non-hydrogen) atoms. The topological polar surface area (TPSA) is 26.3 Å². The first-order chi connectivity index (χ1) is 13.8. The van der Waals surface area contributed by atoms with Crippen molar-refractivity contribution in [2.45, 2.75) is 75.9 Å². The minimum absolute atomic E-state index is 0.151. The van der Waals surface area contributed by atoms with Crippen molar-refractivity contribution < 1.29 is 9.53 Å². The van der Waals surface area contributed by atoms with Gasteiger partial charge in [-0.15, -0.1) is 11.8 Å². The molecule has 0 fully saturated rings. The molecule has 0 aliphatic carbocycles. The molecular weight excluding hydrogens is 392 g/mol. The molecule has 0 atom stereocenters. The molecule has 0 amide bonds. The second-order valence-corrected chi connectivity index (χ2v) is 15.6. The van der Waals surface area contributed by atoms with Crippen LogP contribution in [-0.2, 0) is 16.9 Å². The van der Waals surface area contributed by atoms with E-state index in [0.717, 1.165) is 41.3 Å². The molecule has 0 aromatic heterocycles. The summed E-state index contributed by atoms with van der Waals surface area (Å²) in [6.45, 7) is 11.7. The fraction of sp³-hybridized carbons (Fsp3) is 0.480. The van der Waals surface area contributed by atoms with E-state index < -0.39 is 8.07 Å². The molecule has 0 aliphatic rings. The molecule has 0 radical (unpaired) electrons. The highest BCUT2D eigenvalue weighted by atomic mass is 32.2. The highest BCUT2D eigenvalue weighted by molar-refractivity contribution is 7.98. The van der Waals surface area contributed by atoms with Crippen LogP contribution in [0.2, 0.25) is 25.7 Å². The van der Waals surface area contributed by atoms with E-state index in [0.29, 0.717) is 6.61 Å². The van der Waals surface area contributed by atoms with E-state index in [9.17, 15) is 4.79 Å². The molecule has 0 heterocycles. The van der Waals surface area contributed by atoms with Crippen LogP contribution in [0.15, 0.2) is 47.4 Å². The van der Waals surface area contributed by atoms with Gasteiger partial charge in [0, 0.05) is 18.7 Å². The lowest BCUT2D eigenvalue weighted by molar-refractivity contribution is 0.0523. The number of rotatable bonds is 11. The molecular formula is C25H36O2SSi. The van der Waals surface area contributed by atoms with Crippen LogP contribution in [0.5, 0.6) is 0 Å². The minimum atomic E-state index is -1.23. The Morgan fingerprint density at radius 1 is 1.03 bits per heavy atom. The molecule has 0 saturated carbocycles. The lowest BCUT2D eigenvalue weighted by atomic mass is 9.94. The number of thioether (sulfide) groups is 1. The van der Waals surface area contributed by atoms with Crippen molar-refractivity contribution in [1.29, 1.82) is 0 Å². The summed E-state index contributed by atoms with van der Waals surface area (Å²) in [5, 5.41) is 0. The van der Waals surface area contributed by atoms with Crippen LogP contribution in [0.1, 0.15) is 53.2 Å². The van der Waals surface area contributed by atoms with E-state index in [2.05, 4.69) is 63.0 Å². The molecule has 158 valence electrons. The summed E-state index contributed by atoms with van der Waals surface area (Å²) in [6.07, 6.45) is 4.60. The standard InChI is InChI=1S/C25H36O2SSi/c1-6-7-9-12-21-16-15-20(2)24(25(26)27-17-18-29(3,4)5)23(21)19-28-22-13-10-8-11-14-22/h8,10-11,13-16H,6-7,9,12,17-19H2,1-5H3. The third kappa shape index (κ3) is 8.02. The number of hydrogen-bond acceptors (Lipinski definition) is 3. The maximum atomic E-state index is 13.0. The molecule has 0 spiro atoms. The van der Waals surface area contributed by atoms with Crippen LogP contribution in [0, 0.1) is 6.92 Å². The highest BCUT2D eigenvalue weighted by Gasteiger charge is 2.21. The van der Waals surface area contributed by atoms with Gasteiger partial charge in [0.05, 0.1) is 12.2 Å².